The Morgan fingerprint density at radius 1 is 1.47 bits per heavy atom. The smallest absolute Gasteiger partial charge is 0.198 e. The lowest BCUT2D eigenvalue weighted by Crippen LogP contribution is -1.99. The first-order chi connectivity index (χ1) is 7.13. The van der Waals surface area contributed by atoms with E-state index in [4.69, 9.17) is 9.15 Å². The molecule has 0 saturated heterocycles. The SMILES string of the molecule is COCc1ccc(C(=O)CCC(C)C)o1. The fraction of sp³-hybridized carbons (Fsp3) is 0.583. The number of carbonyl (C=O) groups is 1. The molecule has 0 spiro atoms. The van der Waals surface area contributed by atoms with Crippen molar-refractivity contribution in [1.29, 1.82) is 0 Å². The Morgan fingerprint density at radius 2 is 2.20 bits per heavy atom. The van der Waals surface area contributed by atoms with Crippen LogP contribution in [0.25, 0.3) is 0 Å². The Kier molecular flexibility index (Phi) is 4.56. The third-order valence-corrected chi connectivity index (χ3v) is 2.17. The van der Waals surface area contributed by atoms with Gasteiger partial charge in [0.15, 0.2) is 11.5 Å². The van der Waals surface area contributed by atoms with Crippen molar-refractivity contribution in [2.75, 3.05) is 7.11 Å². The number of furan rings is 1. The summed E-state index contributed by atoms with van der Waals surface area (Å²) in [5.41, 5.74) is 0. The van der Waals surface area contributed by atoms with Crippen LogP contribution in [0.1, 0.15) is 43.0 Å². The van der Waals surface area contributed by atoms with E-state index in [0.29, 0.717) is 30.5 Å². The average molecular weight is 210 g/mol. The molecule has 84 valence electrons. The van der Waals surface area contributed by atoms with Gasteiger partial charge in [0.25, 0.3) is 0 Å². The van der Waals surface area contributed by atoms with E-state index in [1.54, 1.807) is 19.2 Å². The second-order valence-electron chi connectivity index (χ2n) is 4.05. The summed E-state index contributed by atoms with van der Waals surface area (Å²) in [5.74, 6) is 1.77. The van der Waals surface area contributed by atoms with Crippen LogP contribution in [0.2, 0.25) is 0 Å². The van der Waals surface area contributed by atoms with Crippen LogP contribution in [0.4, 0.5) is 0 Å². The number of carbonyl (C=O) groups excluding carboxylic acids is 1. The maximum Gasteiger partial charge on any atom is 0.198 e. The van der Waals surface area contributed by atoms with Crippen LogP contribution in [-0.2, 0) is 11.3 Å². The molecule has 0 aliphatic carbocycles. The predicted molar refractivity (Wildman–Crippen MR) is 57.8 cm³/mol. The number of rotatable bonds is 6. The molecule has 0 bridgehead atoms. The maximum absolute atomic E-state index is 11.6. The zero-order valence-corrected chi connectivity index (χ0v) is 9.58. The fourth-order valence-electron chi connectivity index (χ4n) is 1.29. The monoisotopic (exact) mass is 210 g/mol. The molecule has 0 radical (unpaired) electrons. The van der Waals surface area contributed by atoms with E-state index in [9.17, 15) is 4.79 Å². The molecular weight excluding hydrogens is 192 g/mol. The minimum atomic E-state index is 0.0750. The standard InChI is InChI=1S/C12H18O3/c1-9(2)4-6-11(13)12-7-5-10(15-12)8-14-3/h5,7,9H,4,6,8H2,1-3H3. The second-order valence-corrected chi connectivity index (χ2v) is 4.05. The molecule has 0 amide bonds. The number of hydrogen-bond donors (Lipinski definition) is 0. The van der Waals surface area contributed by atoms with Crippen molar-refractivity contribution in [2.24, 2.45) is 5.92 Å². The lowest BCUT2D eigenvalue weighted by atomic mass is 10.1. The highest BCUT2D eigenvalue weighted by molar-refractivity contribution is 5.93. The van der Waals surface area contributed by atoms with Crippen molar-refractivity contribution in [3.63, 3.8) is 0 Å². The summed E-state index contributed by atoms with van der Waals surface area (Å²) in [6, 6.07) is 3.50. The summed E-state index contributed by atoms with van der Waals surface area (Å²) in [6.45, 7) is 4.62. The molecule has 0 atom stereocenters. The molecule has 1 aromatic rings. The normalized spacial score (nSPS) is 10.9. The van der Waals surface area contributed by atoms with E-state index in [2.05, 4.69) is 13.8 Å². The summed E-state index contributed by atoms with van der Waals surface area (Å²) in [4.78, 5) is 11.6. The average Bonchev–Trinajstić information content (AvgIpc) is 2.63. The predicted octanol–water partition coefficient (Wildman–Crippen LogP) is 3.04. The maximum atomic E-state index is 11.6. The first-order valence-corrected chi connectivity index (χ1v) is 5.24. The van der Waals surface area contributed by atoms with Gasteiger partial charge in [-0.05, 0) is 24.5 Å². The van der Waals surface area contributed by atoms with Crippen molar-refractivity contribution >= 4 is 5.78 Å². The number of ketones is 1. The molecule has 0 unspecified atom stereocenters. The highest BCUT2D eigenvalue weighted by Gasteiger charge is 2.11. The summed E-state index contributed by atoms with van der Waals surface area (Å²) < 4.78 is 10.3. The zero-order valence-electron chi connectivity index (χ0n) is 9.58. The van der Waals surface area contributed by atoms with E-state index in [1.165, 1.54) is 0 Å². The van der Waals surface area contributed by atoms with E-state index < -0.39 is 0 Å². The van der Waals surface area contributed by atoms with Crippen molar-refractivity contribution < 1.29 is 13.9 Å². The molecule has 3 nitrogen and oxygen atoms in total. The van der Waals surface area contributed by atoms with Gasteiger partial charge in [0, 0.05) is 13.5 Å². The van der Waals surface area contributed by atoms with Crippen LogP contribution in [0, 0.1) is 5.92 Å². The first kappa shape index (κ1) is 12.0. The largest absolute Gasteiger partial charge is 0.456 e. The zero-order chi connectivity index (χ0) is 11.3. The molecule has 0 aliphatic heterocycles. The van der Waals surface area contributed by atoms with Crippen molar-refractivity contribution in [3.05, 3.63) is 23.7 Å². The van der Waals surface area contributed by atoms with Gasteiger partial charge in [-0.25, -0.2) is 0 Å². The molecule has 1 heterocycles. The number of ether oxygens (including phenoxy) is 1. The van der Waals surface area contributed by atoms with Crippen molar-refractivity contribution in [2.45, 2.75) is 33.3 Å². The van der Waals surface area contributed by atoms with Crippen molar-refractivity contribution in [3.8, 4) is 0 Å². The fourth-order valence-corrected chi connectivity index (χ4v) is 1.29. The van der Waals surface area contributed by atoms with Crippen LogP contribution >= 0.6 is 0 Å². The summed E-state index contributed by atoms with van der Waals surface area (Å²) >= 11 is 0. The van der Waals surface area contributed by atoms with E-state index in [0.717, 1.165) is 6.42 Å². The third kappa shape index (κ3) is 3.88. The summed E-state index contributed by atoms with van der Waals surface area (Å²) in [7, 11) is 1.60. The number of Topliss-reactive ketones (excluding diaryl/α,β-unsaturated/α-hetero) is 1. The van der Waals surface area contributed by atoms with Crippen LogP contribution < -0.4 is 0 Å². The van der Waals surface area contributed by atoms with Gasteiger partial charge in [0.05, 0.1) is 0 Å². The molecule has 0 aromatic carbocycles. The van der Waals surface area contributed by atoms with E-state index in [-0.39, 0.29) is 5.78 Å². The lowest BCUT2D eigenvalue weighted by molar-refractivity contribution is 0.0939. The van der Waals surface area contributed by atoms with Gasteiger partial charge in [-0.15, -0.1) is 0 Å². The molecule has 15 heavy (non-hydrogen) atoms. The van der Waals surface area contributed by atoms with E-state index >= 15 is 0 Å². The van der Waals surface area contributed by atoms with Crippen LogP contribution in [0.3, 0.4) is 0 Å². The lowest BCUT2D eigenvalue weighted by Gasteiger charge is -2.01. The highest BCUT2D eigenvalue weighted by Crippen LogP contribution is 2.13. The molecule has 3 heteroatoms. The summed E-state index contributed by atoms with van der Waals surface area (Å²) in [5, 5.41) is 0. The van der Waals surface area contributed by atoms with Crippen molar-refractivity contribution in [1.82, 2.24) is 0 Å². The molecule has 1 aromatic heterocycles. The third-order valence-electron chi connectivity index (χ3n) is 2.17. The summed E-state index contributed by atoms with van der Waals surface area (Å²) in [6.07, 6.45) is 1.46. The first-order valence-electron chi connectivity index (χ1n) is 5.24. The Balaban J connectivity index is 2.50. The van der Waals surface area contributed by atoms with Gasteiger partial charge < -0.3 is 9.15 Å². The van der Waals surface area contributed by atoms with Crippen LogP contribution in [-0.4, -0.2) is 12.9 Å². The van der Waals surface area contributed by atoms with Gasteiger partial charge in [-0.3, -0.25) is 4.79 Å². The number of methoxy groups -OCH3 is 1. The van der Waals surface area contributed by atoms with Gasteiger partial charge >= 0.3 is 0 Å². The quantitative estimate of drug-likeness (QED) is 0.677. The topological polar surface area (TPSA) is 39.4 Å². The van der Waals surface area contributed by atoms with Crippen LogP contribution in [0.15, 0.2) is 16.5 Å². The molecule has 0 saturated carbocycles. The van der Waals surface area contributed by atoms with Gasteiger partial charge in [0.1, 0.15) is 12.4 Å². The van der Waals surface area contributed by atoms with Crippen LogP contribution in [0.5, 0.6) is 0 Å². The van der Waals surface area contributed by atoms with Gasteiger partial charge in [-0.1, -0.05) is 13.8 Å². The molecule has 0 aliphatic rings. The molecular formula is C12H18O3. The molecule has 0 fully saturated rings. The Morgan fingerprint density at radius 3 is 2.80 bits per heavy atom. The van der Waals surface area contributed by atoms with Gasteiger partial charge in [0.2, 0.25) is 0 Å². The Bertz CT molecular complexity index is 312. The molecule has 0 N–H and O–H groups in total. The minimum Gasteiger partial charge on any atom is -0.456 e. The molecule has 1 rings (SSSR count). The Hall–Kier alpha value is -1.09. The minimum absolute atomic E-state index is 0.0750. The van der Waals surface area contributed by atoms with Gasteiger partial charge in [-0.2, -0.15) is 0 Å². The number of hydrogen-bond acceptors (Lipinski definition) is 3. The van der Waals surface area contributed by atoms with E-state index in [1.807, 2.05) is 0 Å². The Labute approximate surface area is 90.4 Å². The second kappa shape index (κ2) is 5.71. The highest BCUT2D eigenvalue weighted by atomic mass is 16.5.